The van der Waals surface area contributed by atoms with Gasteiger partial charge in [-0.15, -0.1) is 11.3 Å². The Kier molecular flexibility index (Phi) is 6.81. The molecule has 0 fully saturated rings. The van der Waals surface area contributed by atoms with Crippen LogP contribution in [0.15, 0.2) is 115 Å². The fourth-order valence-corrected chi connectivity index (χ4v) is 4.51. The number of thiophene rings is 1. The minimum Gasteiger partial charge on any atom is -0.345 e. The first kappa shape index (κ1) is 20.9. The summed E-state index contributed by atoms with van der Waals surface area (Å²) in [7, 11) is 2.12. The van der Waals surface area contributed by atoms with Crippen molar-refractivity contribution in [2.75, 3.05) is 11.9 Å². The van der Waals surface area contributed by atoms with Gasteiger partial charge < -0.3 is 4.90 Å². The number of anilines is 2. The van der Waals surface area contributed by atoms with E-state index >= 15 is 0 Å². The van der Waals surface area contributed by atoms with E-state index in [1.165, 1.54) is 37.8 Å². The predicted octanol–water partition coefficient (Wildman–Crippen LogP) is 8.52. The second kappa shape index (κ2) is 10.1. The van der Waals surface area contributed by atoms with Gasteiger partial charge in [0.2, 0.25) is 0 Å². The van der Waals surface area contributed by atoms with Crippen molar-refractivity contribution in [2.24, 2.45) is 0 Å². The minimum absolute atomic E-state index is 0.981. The third kappa shape index (κ3) is 5.22. The molecule has 0 N–H and O–H groups in total. The number of rotatable bonds is 7. The zero-order chi connectivity index (χ0) is 21.5. The number of hydrogen-bond donors (Lipinski definition) is 0. The molecule has 0 radical (unpaired) electrons. The number of allylic oxidation sites excluding steroid dienone is 4. The van der Waals surface area contributed by atoms with Gasteiger partial charge in [0.1, 0.15) is 0 Å². The topological polar surface area (TPSA) is 3.24 Å². The van der Waals surface area contributed by atoms with Gasteiger partial charge in [0.05, 0.1) is 0 Å². The molecule has 0 saturated carbocycles. The third-order valence-corrected chi connectivity index (χ3v) is 6.48. The van der Waals surface area contributed by atoms with Crippen molar-refractivity contribution < 1.29 is 0 Å². The monoisotopic (exact) mass is 421 g/mol. The highest BCUT2D eigenvalue weighted by atomic mass is 32.1. The molecule has 0 aliphatic carbocycles. The first-order chi connectivity index (χ1) is 15.2. The van der Waals surface area contributed by atoms with E-state index in [1.807, 2.05) is 24.3 Å². The lowest BCUT2D eigenvalue weighted by Crippen LogP contribution is -2.08. The maximum atomic E-state index is 2.23. The molecule has 154 valence electrons. The molecule has 31 heavy (non-hydrogen) atoms. The molecule has 0 saturated heterocycles. The average Bonchev–Trinajstić information content (AvgIpc) is 3.31. The van der Waals surface area contributed by atoms with Gasteiger partial charge in [-0.25, -0.2) is 0 Å². The quantitative estimate of drug-likeness (QED) is 0.270. The van der Waals surface area contributed by atoms with Gasteiger partial charge in [0, 0.05) is 34.6 Å². The summed E-state index contributed by atoms with van der Waals surface area (Å²) in [5.41, 5.74) is 6.11. The number of benzene rings is 3. The molecular formula is C29H27NS. The molecule has 0 atom stereocenters. The summed E-state index contributed by atoms with van der Waals surface area (Å²) < 4.78 is 0. The molecule has 4 rings (SSSR count). The Morgan fingerprint density at radius 2 is 1.29 bits per heavy atom. The van der Waals surface area contributed by atoms with Crippen molar-refractivity contribution in [1.29, 1.82) is 0 Å². The van der Waals surface area contributed by atoms with Crippen molar-refractivity contribution >= 4 is 22.7 Å². The Morgan fingerprint density at radius 3 is 1.94 bits per heavy atom. The van der Waals surface area contributed by atoms with Crippen LogP contribution in [0.3, 0.4) is 0 Å². The number of hydrogen-bond acceptors (Lipinski definition) is 2. The minimum atomic E-state index is 0.981. The van der Waals surface area contributed by atoms with E-state index in [2.05, 4.69) is 121 Å². The average molecular weight is 422 g/mol. The fourth-order valence-electron chi connectivity index (χ4n) is 3.52. The Labute approximate surface area is 189 Å². The van der Waals surface area contributed by atoms with Gasteiger partial charge in [0.15, 0.2) is 0 Å². The van der Waals surface area contributed by atoms with Crippen molar-refractivity contribution in [1.82, 2.24) is 0 Å². The van der Waals surface area contributed by atoms with E-state index in [4.69, 9.17) is 0 Å². The van der Waals surface area contributed by atoms with Crippen LogP contribution in [0.5, 0.6) is 0 Å². The predicted molar refractivity (Wildman–Crippen MR) is 137 cm³/mol. The lowest BCUT2D eigenvalue weighted by molar-refractivity contribution is 1.21. The summed E-state index contributed by atoms with van der Waals surface area (Å²) in [5, 5.41) is 0. The van der Waals surface area contributed by atoms with E-state index in [1.54, 1.807) is 0 Å². The van der Waals surface area contributed by atoms with E-state index in [0.29, 0.717) is 0 Å². The molecule has 1 nitrogen and oxygen atoms in total. The second-order valence-electron chi connectivity index (χ2n) is 7.44. The molecule has 3 aromatic carbocycles. The van der Waals surface area contributed by atoms with Gasteiger partial charge >= 0.3 is 0 Å². The largest absolute Gasteiger partial charge is 0.345 e. The Hall–Kier alpha value is -3.36. The van der Waals surface area contributed by atoms with Crippen molar-refractivity contribution in [3.05, 3.63) is 120 Å². The lowest BCUT2D eigenvalue weighted by atomic mass is 10.1. The summed E-state index contributed by atoms with van der Waals surface area (Å²) in [6.45, 7) is 2.04. The van der Waals surface area contributed by atoms with Crippen LogP contribution in [0.2, 0.25) is 0 Å². The molecule has 0 spiro atoms. The molecule has 0 amide bonds. The molecule has 0 unspecified atom stereocenters. The number of nitrogens with zero attached hydrogens (tertiary/aromatic N) is 1. The fraction of sp³-hybridized carbons (Fsp3) is 0.103. The highest BCUT2D eigenvalue weighted by Crippen LogP contribution is 2.32. The van der Waals surface area contributed by atoms with Crippen LogP contribution < -0.4 is 4.90 Å². The van der Waals surface area contributed by atoms with Crippen LogP contribution in [-0.2, 0) is 6.42 Å². The summed E-state index contributed by atoms with van der Waals surface area (Å²) in [4.78, 5) is 4.93. The van der Waals surface area contributed by atoms with Gasteiger partial charge in [-0.1, -0.05) is 78.9 Å². The van der Waals surface area contributed by atoms with Crippen LogP contribution >= 0.6 is 11.3 Å². The third-order valence-electron chi connectivity index (χ3n) is 5.32. The summed E-state index contributed by atoms with van der Waals surface area (Å²) in [6, 6.07) is 32.5. The van der Waals surface area contributed by atoms with Crippen molar-refractivity contribution in [3.8, 4) is 21.6 Å². The highest BCUT2D eigenvalue weighted by molar-refractivity contribution is 7.15. The molecule has 1 heterocycles. The zero-order valence-corrected chi connectivity index (χ0v) is 18.8. The maximum absolute atomic E-state index is 2.23. The summed E-state index contributed by atoms with van der Waals surface area (Å²) in [6.07, 6.45) is 9.41. The smallest absolute Gasteiger partial charge is 0.0408 e. The molecule has 0 aliphatic heterocycles. The SMILES string of the molecule is C/C=C\C=C/Cc1ccc(-c2ccc(N(C)c3ccc(-c4ccccc4)cc3)cc2)s1. The van der Waals surface area contributed by atoms with Crippen molar-refractivity contribution in [3.63, 3.8) is 0 Å². The highest BCUT2D eigenvalue weighted by Gasteiger charge is 2.07. The summed E-state index contributed by atoms with van der Waals surface area (Å²) >= 11 is 1.87. The molecular weight excluding hydrogens is 394 g/mol. The molecule has 4 aromatic rings. The van der Waals surface area contributed by atoms with Crippen LogP contribution in [0.1, 0.15) is 11.8 Å². The molecule has 0 aliphatic rings. The Balaban J connectivity index is 1.45. The van der Waals surface area contributed by atoms with Gasteiger partial charge in [-0.3, -0.25) is 0 Å². The van der Waals surface area contributed by atoms with Gasteiger partial charge in [-0.2, -0.15) is 0 Å². The van der Waals surface area contributed by atoms with E-state index in [9.17, 15) is 0 Å². The van der Waals surface area contributed by atoms with Gasteiger partial charge in [0.25, 0.3) is 0 Å². The van der Waals surface area contributed by atoms with E-state index in [-0.39, 0.29) is 0 Å². The maximum Gasteiger partial charge on any atom is 0.0408 e. The molecule has 2 heteroatoms. The van der Waals surface area contributed by atoms with E-state index < -0.39 is 0 Å². The first-order valence-electron chi connectivity index (χ1n) is 10.6. The first-order valence-corrected chi connectivity index (χ1v) is 11.4. The van der Waals surface area contributed by atoms with Crippen LogP contribution in [0.25, 0.3) is 21.6 Å². The summed E-state index contributed by atoms with van der Waals surface area (Å²) in [5.74, 6) is 0. The van der Waals surface area contributed by atoms with Crippen LogP contribution in [0.4, 0.5) is 11.4 Å². The lowest BCUT2D eigenvalue weighted by Gasteiger charge is -2.20. The molecule has 0 bridgehead atoms. The van der Waals surface area contributed by atoms with Crippen LogP contribution in [0, 0.1) is 0 Å². The Morgan fingerprint density at radius 1 is 0.677 bits per heavy atom. The normalized spacial score (nSPS) is 11.4. The molecule has 1 aromatic heterocycles. The Bertz CT molecular complexity index is 1150. The van der Waals surface area contributed by atoms with Crippen molar-refractivity contribution in [2.45, 2.75) is 13.3 Å². The van der Waals surface area contributed by atoms with Crippen LogP contribution in [-0.4, -0.2) is 7.05 Å². The standard InChI is InChI=1S/C29H27NS/c1-3-4-5-9-12-28-21-22-29(31-28)25-15-19-27(20-16-25)30(2)26-17-13-24(14-18-26)23-10-7-6-8-11-23/h3-11,13-22H,12H2,1-2H3/b4-3-,9-5-. The van der Waals surface area contributed by atoms with E-state index in [0.717, 1.165) is 6.42 Å². The zero-order valence-electron chi connectivity index (χ0n) is 18.0. The van der Waals surface area contributed by atoms with Gasteiger partial charge in [-0.05, 0) is 60.0 Å². The second-order valence-corrected chi connectivity index (χ2v) is 8.61.